The van der Waals surface area contributed by atoms with Gasteiger partial charge in [-0.2, -0.15) is 0 Å². The summed E-state index contributed by atoms with van der Waals surface area (Å²) in [7, 11) is 0. The molecule has 3 N–H and O–H groups in total. The lowest BCUT2D eigenvalue weighted by atomic mass is 9.92. The topological polar surface area (TPSA) is 94.8 Å². The molecule has 0 aromatic carbocycles. The molecule has 0 aliphatic rings. The van der Waals surface area contributed by atoms with Gasteiger partial charge in [0.25, 0.3) is 0 Å². The molecule has 1 atom stereocenters. The third-order valence-corrected chi connectivity index (χ3v) is 3.29. The van der Waals surface area contributed by atoms with Crippen LogP contribution in [0, 0.1) is 0 Å². The molecule has 0 fully saturated rings. The summed E-state index contributed by atoms with van der Waals surface area (Å²) < 4.78 is 0. The molecule has 0 amide bonds. The van der Waals surface area contributed by atoms with Crippen LogP contribution < -0.4 is 0 Å². The van der Waals surface area contributed by atoms with Crippen LogP contribution in [-0.2, 0) is 9.59 Å². The van der Waals surface area contributed by atoms with Crippen molar-refractivity contribution in [3.8, 4) is 0 Å². The number of rotatable bonds is 12. The highest BCUT2D eigenvalue weighted by molar-refractivity contribution is 5.83. The minimum Gasteiger partial charge on any atom is -0.481 e. The normalized spacial score (nSPS) is 14.0. The van der Waals surface area contributed by atoms with E-state index in [-0.39, 0.29) is 6.42 Å². The van der Waals surface area contributed by atoms with Gasteiger partial charge in [0.2, 0.25) is 0 Å². The standard InChI is InChI=1S/C14H26O5/c1-2-3-4-5-6-7-8-9-10-14(19,13(17)18)11-12(15)16/h19H,2-11H2,1H3,(H,15,16)(H,17,18). The predicted octanol–water partition coefficient (Wildman–Crippen LogP) is 2.81. The fourth-order valence-corrected chi connectivity index (χ4v) is 2.07. The summed E-state index contributed by atoms with van der Waals surface area (Å²) in [6.45, 7) is 2.16. The maximum absolute atomic E-state index is 10.9. The van der Waals surface area contributed by atoms with Crippen molar-refractivity contribution in [2.75, 3.05) is 0 Å². The summed E-state index contributed by atoms with van der Waals surface area (Å²) >= 11 is 0. The summed E-state index contributed by atoms with van der Waals surface area (Å²) in [5, 5.41) is 27.2. The highest BCUT2D eigenvalue weighted by Gasteiger charge is 2.37. The average molecular weight is 274 g/mol. The van der Waals surface area contributed by atoms with E-state index in [4.69, 9.17) is 10.2 Å². The Hall–Kier alpha value is -1.10. The van der Waals surface area contributed by atoms with Crippen LogP contribution in [0.2, 0.25) is 0 Å². The van der Waals surface area contributed by atoms with Crippen molar-refractivity contribution < 1.29 is 24.9 Å². The lowest BCUT2D eigenvalue weighted by Gasteiger charge is -2.21. The van der Waals surface area contributed by atoms with Gasteiger partial charge in [0.1, 0.15) is 0 Å². The third-order valence-electron chi connectivity index (χ3n) is 3.29. The van der Waals surface area contributed by atoms with Gasteiger partial charge in [-0.05, 0) is 12.8 Å². The van der Waals surface area contributed by atoms with Crippen LogP contribution >= 0.6 is 0 Å². The van der Waals surface area contributed by atoms with E-state index in [9.17, 15) is 14.7 Å². The molecule has 0 radical (unpaired) electrons. The van der Waals surface area contributed by atoms with Gasteiger partial charge in [-0.3, -0.25) is 4.79 Å². The molecular formula is C14H26O5. The smallest absolute Gasteiger partial charge is 0.336 e. The molecule has 0 aromatic heterocycles. The molecule has 0 bridgehead atoms. The second kappa shape index (κ2) is 9.78. The lowest BCUT2D eigenvalue weighted by Crippen LogP contribution is -2.40. The summed E-state index contributed by atoms with van der Waals surface area (Å²) in [6.07, 6.45) is 7.64. The number of carboxylic acid groups (broad SMARTS) is 2. The number of unbranched alkanes of at least 4 members (excludes halogenated alkanes) is 7. The highest BCUT2D eigenvalue weighted by atomic mass is 16.4. The van der Waals surface area contributed by atoms with Crippen LogP contribution in [0.4, 0.5) is 0 Å². The Morgan fingerprint density at radius 1 is 0.895 bits per heavy atom. The number of aliphatic carboxylic acids is 2. The molecule has 0 aromatic rings. The van der Waals surface area contributed by atoms with Crippen molar-refractivity contribution in [2.24, 2.45) is 0 Å². The Morgan fingerprint density at radius 2 is 1.37 bits per heavy atom. The van der Waals surface area contributed by atoms with E-state index in [1.54, 1.807) is 0 Å². The van der Waals surface area contributed by atoms with Crippen LogP contribution in [-0.4, -0.2) is 32.9 Å². The molecule has 0 aliphatic carbocycles. The summed E-state index contributed by atoms with van der Waals surface area (Å²) in [6, 6.07) is 0. The van der Waals surface area contributed by atoms with Gasteiger partial charge in [-0.25, -0.2) is 4.79 Å². The van der Waals surface area contributed by atoms with E-state index in [1.807, 2.05) is 0 Å². The fourth-order valence-electron chi connectivity index (χ4n) is 2.07. The molecule has 5 nitrogen and oxygen atoms in total. The average Bonchev–Trinajstić information content (AvgIpc) is 2.31. The van der Waals surface area contributed by atoms with Gasteiger partial charge in [0, 0.05) is 0 Å². The van der Waals surface area contributed by atoms with Crippen LogP contribution in [0.1, 0.15) is 71.1 Å². The third kappa shape index (κ3) is 8.59. The number of carboxylic acids is 2. The Kier molecular flexibility index (Phi) is 9.21. The molecule has 112 valence electrons. The van der Waals surface area contributed by atoms with Crippen molar-refractivity contribution in [1.82, 2.24) is 0 Å². The van der Waals surface area contributed by atoms with Crippen LogP contribution in [0.15, 0.2) is 0 Å². The largest absolute Gasteiger partial charge is 0.481 e. The Bertz CT molecular complexity index is 277. The molecular weight excluding hydrogens is 248 g/mol. The minimum absolute atomic E-state index is 0.00356. The van der Waals surface area contributed by atoms with Gasteiger partial charge >= 0.3 is 11.9 Å². The lowest BCUT2D eigenvalue weighted by molar-refractivity contribution is -0.166. The maximum atomic E-state index is 10.9. The maximum Gasteiger partial charge on any atom is 0.336 e. The monoisotopic (exact) mass is 274 g/mol. The second-order valence-corrected chi connectivity index (χ2v) is 5.13. The van der Waals surface area contributed by atoms with Crippen LogP contribution in [0.25, 0.3) is 0 Å². The number of aliphatic hydroxyl groups is 1. The molecule has 0 spiro atoms. The molecule has 19 heavy (non-hydrogen) atoms. The van der Waals surface area contributed by atoms with E-state index in [0.717, 1.165) is 19.3 Å². The first kappa shape index (κ1) is 17.9. The molecule has 1 unspecified atom stereocenters. The SMILES string of the molecule is CCCCCCCCCCC(O)(CC(=O)O)C(=O)O. The van der Waals surface area contributed by atoms with E-state index in [0.29, 0.717) is 6.42 Å². The van der Waals surface area contributed by atoms with E-state index in [1.165, 1.54) is 25.7 Å². The quantitative estimate of drug-likeness (QED) is 0.476. The van der Waals surface area contributed by atoms with E-state index in [2.05, 4.69) is 6.92 Å². The predicted molar refractivity (Wildman–Crippen MR) is 72.1 cm³/mol. The van der Waals surface area contributed by atoms with Crippen molar-refractivity contribution in [3.63, 3.8) is 0 Å². The molecule has 0 rings (SSSR count). The first-order valence-electron chi connectivity index (χ1n) is 7.10. The molecule has 0 aliphatic heterocycles. The van der Waals surface area contributed by atoms with Crippen molar-refractivity contribution in [2.45, 2.75) is 76.7 Å². The minimum atomic E-state index is -2.12. The van der Waals surface area contributed by atoms with Gasteiger partial charge in [-0.1, -0.05) is 51.9 Å². The van der Waals surface area contributed by atoms with Crippen molar-refractivity contribution in [1.29, 1.82) is 0 Å². The zero-order chi connectivity index (χ0) is 14.7. The zero-order valence-electron chi connectivity index (χ0n) is 11.7. The van der Waals surface area contributed by atoms with Gasteiger partial charge < -0.3 is 15.3 Å². The number of hydrogen-bond acceptors (Lipinski definition) is 3. The van der Waals surface area contributed by atoms with Gasteiger partial charge in [0.15, 0.2) is 5.60 Å². The second-order valence-electron chi connectivity index (χ2n) is 5.13. The van der Waals surface area contributed by atoms with Crippen molar-refractivity contribution in [3.05, 3.63) is 0 Å². The first-order valence-corrected chi connectivity index (χ1v) is 7.10. The Labute approximate surface area is 114 Å². The zero-order valence-corrected chi connectivity index (χ0v) is 11.7. The van der Waals surface area contributed by atoms with Gasteiger partial charge in [-0.15, -0.1) is 0 Å². The first-order chi connectivity index (χ1) is 8.92. The molecule has 5 heteroatoms. The summed E-state index contributed by atoms with van der Waals surface area (Å²) in [4.78, 5) is 21.4. The summed E-state index contributed by atoms with van der Waals surface area (Å²) in [5.41, 5.74) is -2.12. The number of carbonyl (C=O) groups is 2. The Morgan fingerprint density at radius 3 is 1.79 bits per heavy atom. The van der Waals surface area contributed by atoms with Crippen LogP contribution in [0.3, 0.4) is 0 Å². The van der Waals surface area contributed by atoms with E-state index >= 15 is 0 Å². The van der Waals surface area contributed by atoms with Crippen LogP contribution in [0.5, 0.6) is 0 Å². The Balaban J connectivity index is 3.77. The number of hydrogen-bond donors (Lipinski definition) is 3. The fraction of sp³-hybridized carbons (Fsp3) is 0.857. The molecule has 0 saturated carbocycles. The molecule has 0 heterocycles. The molecule has 0 saturated heterocycles. The highest BCUT2D eigenvalue weighted by Crippen LogP contribution is 2.20. The van der Waals surface area contributed by atoms with Gasteiger partial charge in [0.05, 0.1) is 6.42 Å². The van der Waals surface area contributed by atoms with Crippen molar-refractivity contribution >= 4 is 11.9 Å². The summed E-state index contributed by atoms with van der Waals surface area (Å²) in [5.74, 6) is -2.73. The van der Waals surface area contributed by atoms with E-state index < -0.39 is 24.0 Å².